The molecule has 0 radical (unpaired) electrons. The van der Waals surface area contributed by atoms with Crippen LogP contribution in [-0.4, -0.2) is 9.97 Å². The van der Waals surface area contributed by atoms with Crippen molar-refractivity contribution in [1.82, 2.24) is 9.97 Å². The maximum atomic E-state index is 6.20. The van der Waals surface area contributed by atoms with Gasteiger partial charge in [0.15, 0.2) is 0 Å². The molecule has 0 saturated carbocycles. The number of hydrogen-bond acceptors (Lipinski definition) is 4. The number of thiophene rings is 1. The van der Waals surface area contributed by atoms with E-state index >= 15 is 0 Å². The van der Waals surface area contributed by atoms with Crippen LogP contribution < -0.4 is 5.32 Å². The van der Waals surface area contributed by atoms with Gasteiger partial charge in [-0.1, -0.05) is 36.4 Å². The van der Waals surface area contributed by atoms with E-state index in [1.807, 2.05) is 18.2 Å². The predicted octanol–water partition coefficient (Wildman–Crippen LogP) is 6.68. The minimum atomic E-state index is 0.254. The summed E-state index contributed by atoms with van der Waals surface area (Å²) in [7, 11) is 0. The van der Waals surface area contributed by atoms with Crippen LogP contribution in [0.25, 0.3) is 21.3 Å². The highest BCUT2D eigenvalue weighted by molar-refractivity contribution is 7.19. The molecule has 4 rings (SSSR count). The molecule has 0 bridgehead atoms. The molecule has 2 aromatic heterocycles. The summed E-state index contributed by atoms with van der Waals surface area (Å²) in [6, 6.07) is 16.6. The molecule has 0 saturated heterocycles. The Bertz CT molecular complexity index is 1100. The zero-order valence-corrected chi connectivity index (χ0v) is 16.4. The number of nitrogens with zero attached hydrogens (tertiary/aromatic N) is 2. The molecule has 1 N–H and O–H groups in total. The van der Waals surface area contributed by atoms with Gasteiger partial charge in [0, 0.05) is 16.1 Å². The van der Waals surface area contributed by atoms with Gasteiger partial charge in [0.25, 0.3) is 0 Å². The molecule has 26 heavy (non-hydrogen) atoms. The van der Waals surface area contributed by atoms with Crippen LogP contribution in [0.5, 0.6) is 0 Å². The molecule has 3 nitrogen and oxygen atoms in total. The second-order valence-corrected chi connectivity index (χ2v) is 7.89. The fourth-order valence-electron chi connectivity index (χ4n) is 3.08. The first-order chi connectivity index (χ1) is 12.5. The number of rotatable bonds is 3. The van der Waals surface area contributed by atoms with Crippen LogP contribution >= 0.6 is 22.9 Å². The Morgan fingerprint density at radius 3 is 2.42 bits per heavy atom. The highest BCUT2D eigenvalue weighted by Gasteiger charge is 2.18. The second kappa shape index (κ2) is 6.71. The normalized spacial score (nSPS) is 11.1. The van der Waals surface area contributed by atoms with Crippen LogP contribution in [0.1, 0.15) is 16.0 Å². The number of fused-ring (bicyclic) bond motifs is 1. The summed E-state index contributed by atoms with van der Waals surface area (Å²) in [6.07, 6.45) is 0. The van der Waals surface area contributed by atoms with Gasteiger partial charge in [-0.3, -0.25) is 0 Å². The average molecular weight is 380 g/mol. The SMILES string of the molecule is Cc1ccc(Nc2nc(Cl)nc3sc(C)c(-c4ccccc4)c23)cc1C. The van der Waals surface area contributed by atoms with Gasteiger partial charge in [-0.2, -0.15) is 4.98 Å². The van der Waals surface area contributed by atoms with E-state index in [0.717, 1.165) is 32.8 Å². The molecule has 130 valence electrons. The van der Waals surface area contributed by atoms with E-state index in [0.29, 0.717) is 0 Å². The van der Waals surface area contributed by atoms with Gasteiger partial charge in [0.1, 0.15) is 10.6 Å². The number of aryl methyl sites for hydroxylation is 3. The van der Waals surface area contributed by atoms with E-state index in [1.54, 1.807) is 11.3 Å². The Morgan fingerprint density at radius 1 is 0.923 bits per heavy atom. The van der Waals surface area contributed by atoms with Crippen molar-refractivity contribution in [2.24, 2.45) is 0 Å². The summed E-state index contributed by atoms with van der Waals surface area (Å²) in [4.78, 5) is 11.0. The average Bonchev–Trinajstić information content (AvgIpc) is 2.94. The van der Waals surface area contributed by atoms with E-state index in [-0.39, 0.29) is 5.28 Å². The summed E-state index contributed by atoms with van der Waals surface area (Å²) in [6.45, 7) is 6.32. The Labute approximate surface area is 161 Å². The molecule has 0 spiro atoms. The topological polar surface area (TPSA) is 37.8 Å². The Hall–Kier alpha value is -2.43. The van der Waals surface area contributed by atoms with Crippen LogP contribution in [0.3, 0.4) is 0 Å². The van der Waals surface area contributed by atoms with Crippen molar-refractivity contribution in [3.8, 4) is 11.1 Å². The minimum Gasteiger partial charge on any atom is -0.340 e. The monoisotopic (exact) mass is 379 g/mol. The van der Waals surface area contributed by atoms with E-state index in [2.05, 4.69) is 66.4 Å². The third kappa shape index (κ3) is 3.06. The molecule has 0 aliphatic heterocycles. The number of hydrogen-bond donors (Lipinski definition) is 1. The molecular weight excluding hydrogens is 362 g/mol. The lowest BCUT2D eigenvalue weighted by atomic mass is 10.0. The molecule has 2 heterocycles. The summed E-state index contributed by atoms with van der Waals surface area (Å²) in [5, 5.41) is 4.72. The van der Waals surface area contributed by atoms with E-state index < -0.39 is 0 Å². The Kier molecular flexibility index (Phi) is 4.39. The molecule has 2 aromatic carbocycles. The van der Waals surface area contributed by atoms with Crippen LogP contribution in [-0.2, 0) is 0 Å². The Balaban J connectivity index is 1.92. The quantitative estimate of drug-likeness (QED) is 0.403. The third-order valence-electron chi connectivity index (χ3n) is 4.53. The van der Waals surface area contributed by atoms with Gasteiger partial charge in [0.2, 0.25) is 5.28 Å². The van der Waals surface area contributed by atoms with Crippen molar-refractivity contribution < 1.29 is 0 Å². The standard InChI is InChI=1S/C21H18ClN3S/c1-12-9-10-16(11-13(12)2)23-19-18-17(15-7-5-4-6-8-15)14(3)26-20(18)25-21(22)24-19/h4-11H,1-3H3,(H,23,24,25). The molecule has 0 amide bonds. The lowest BCUT2D eigenvalue weighted by Crippen LogP contribution is -1.97. The minimum absolute atomic E-state index is 0.254. The second-order valence-electron chi connectivity index (χ2n) is 6.34. The molecule has 0 aliphatic carbocycles. The van der Waals surface area contributed by atoms with Gasteiger partial charge < -0.3 is 5.32 Å². The summed E-state index contributed by atoms with van der Waals surface area (Å²) >= 11 is 7.84. The summed E-state index contributed by atoms with van der Waals surface area (Å²) in [5.41, 5.74) is 5.81. The number of halogens is 1. The van der Waals surface area contributed by atoms with Crippen molar-refractivity contribution in [2.45, 2.75) is 20.8 Å². The molecular formula is C21H18ClN3S. The fraction of sp³-hybridized carbons (Fsp3) is 0.143. The summed E-state index contributed by atoms with van der Waals surface area (Å²) < 4.78 is 0. The van der Waals surface area contributed by atoms with Crippen LogP contribution in [0.2, 0.25) is 5.28 Å². The van der Waals surface area contributed by atoms with Gasteiger partial charge in [-0.05, 0) is 61.2 Å². The van der Waals surface area contributed by atoms with E-state index in [4.69, 9.17) is 11.6 Å². The van der Waals surface area contributed by atoms with Crippen molar-refractivity contribution in [1.29, 1.82) is 0 Å². The number of benzene rings is 2. The first kappa shape index (κ1) is 17.0. The van der Waals surface area contributed by atoms with Crippen molar-refractivity contribution in [3.63, 3.8) is 0 Å². The van der Waals surface area contributed by atoms with Gasteiger partial charge >= 0.3 is 0 Å². The van der Waals surface area contributed by atoms with Crippen LogP contribution in [0.15, 0.2) is 48.5 Å². The van der Waals surface area contributed by atoms with Crippen LogP contribution in [0.4, 0.5) is 11.5 Å². The predicted molar refractivity (Wildman–Crippen MR) is 112 cm³/mol. The van der Waals surface area contributed by atoms with E-state index in [1.165, 1.54) is 16.0 Å². The maximum absolute atomic E-state index is 6.20. The molecule has 4 aromatic rings. The molecule has 0 fully saturated rings. The molecule has 5 heteroatoms. The van der Waals surface area contributed by atoms with E-state index in [9.17, 15) is 0 Å². The maximum Gasteiger partial charge on any atom is 0.225 e. The smallest absolute Gasteiger partial charge is 0.225 e. The fourth-order valence-corrected chi connectivity index (χ4v) is 4.35. The molecule has 0 atom stereocenters. The highest BCUT2D eigenvalue weighted by atomic mass is 35.5. The van der Waals surface area contributed by atoms with Crippen LogP contribution in [0, 0.1) is 20.8 Å². The molecule has 0 aliphatic rings. The number of nitrogens with one attached hydrogen (secondary N) is 1. The number of aromatic nitrogens is 2. The first-order valence-corrected chi connectivity index (χ1v) is 9.58. The third-order valence-corrected chi connectivity index (χ3v) is 5.70. The summed E-state index contributed by atoms with van der Waals surface area (Å²) in [5.74, 6) is 0.742. The van der Waals surface area contributed by atoms with Crippen molar-refractivity contribution in [3.05, 3.63) is 69.8 Å². The number of anilines is 2. The Morgan fingerprint density at radius 2 is 1.69 bits per heavy atom. The zero-order valence-electron chi connectivity index (χ0n) is 14.8. The largest absolute Gasteiger partial charge is 0.340 e. The first-order valence-electron chi connectivity index (χ1n) is 8.39. The van der Waals surface area contributed by atoms with Crippen molar-refractivity contribution >= 4 is 44.7 Å². The lowest BCUT2D eigenvalue weighted by Gasteiger charge is -2.11. The highest BCUT2D eigenvalue weighted by Crippen LogP contribution is 2.41. The lowest BCUT2D eigenvalue weighted by molar-refractivity contribution is 1.23. The van der Waals surface area contributed by atoms with Gasteiger partial charge in [-0.15, -0.1) is 11.3 Å². The molecule has 0 unspecified atom stereocenters. The van der Waals surface area contributed by atoms with Crippen molar-refractivity contribution in [2.75, 3.05) is 5.32 Å². The van der Waals surface area contributed by atoms with Gasteiger partial charge in [0.05, 0.1) is 5.39 Å². The van der Waals surface area contributed by atoms with Gasteiger partial charge in [-0.25, -0.2) is 4.98 Å². The zero-order chi connectivity index (χ0) is 18.3.